The molecule has 2 heterocycles. The van der Waals surface area contributed by atoms with E-state index >= 15 is 0 Å². The van der Waals surface area contributed by atoms with Crippen molar-refractivity contribution in [2.24, 2.45) is 4.99 Å². The largest absolute Gasteiger partial charge is 0.486 e. The van der Waals surface area contributed by atoms with E-state index in [4.69, 9.17) is 14.2 Å². The van der Waals surface area contributed by atoms with Gasteiger partial charge in [0, 0.05) is 17.7 Å². The molecule has 0 radical (unpaired) electrons. The first-order valence-corrected chi connectivity index (χ1v) is 9.94. The molecule has 0 spiro atoms. The van der Waals surface area contributed by atoms with Gasteiger partial charge in [-0.05, 0) is 25.5 Å². The van der Waals surface area contributed by atoms with Crippen LogP contribution in [0.5, 0.6) is 11.5 Å². The summed E-state index contributed by atoms with van der Waals surface area (Å²) in [6.07, 6.45) is 0. The van der Waals surface area contributed by atoms with Crippen LogP contribution in [-0.4, -0.2) is 36.8 Å². The number of rotatable bonds is 3. The number of ether oxygens (including phenoxy) is 3. The number of hydrogen-bond acceptors (Lipinski definition) is 6. The highest BCUT2D eigenvalue weighted by molar-refractivity contribution is 7.16. The molecule has 0 fully saturated rings. The molecule has 0 bridgehead atoms. The molecule has 1 aromatic heterocycles. The van der Waals surface area contributed by atoms with Crippen LogP contribution in [0.2, 0.25) is 0 Å². The van der Waals surface area contributed by atoms with Gasteiger partial charge >= 0.3 is 5.97 Å². The normalized spacial score (nSPS) is 13.6. The molecule has 0 aliphatic carbocycles. The third kappa shape index (κ3) is 3.75. The quantitative estimate of drug-likeness (QED) is 0.618. The highest BCUT2D eigenvalue weighted by Crippen LogP contribution is 2.35. The van der Waals surface area contributed by atoms with Crippen molar-refractivity contribution in [3.8, 4) is 11.5 Å². The lowest BCUT2D eigenvalue weighted by Gasteiger charge is -2.18. The molecule has 3 aromatic rings. The number of hydrogen-bond donors (Lipinski definition) is 0. The van der Waals surface area contributed by atoms with Crippen LogP contribution in [-0.2, 0) is 16.1 Å². The molecule has 8 heteroatoms. The molecule has 4 rings (SSSR count). The van der Waals surface area contributed by atoms with Crippen molar-refractivity contribution >= 4 is 33.4 Å². The Bertz CT molecular complexity index is 1190. The molecule has 29 heavy (non-hydrogen) atoms. The molecular formula is C21H20N2O5S. The molecule has 0 atom stereocenters. The zero-order valence-corrected chi connectivity index (χ0v) is 17.2. The minimum absolute atomic E-state index is 0.0605. The van der Waals surface area contributed by atoms with Gasteiger partial charge < -0.3 is 18.8 Å². The number of benzene rings is 2. The van der Waals surface area contributed by atoms with Crippen molar-refractivity contribution in [2.75, 3.05) is 20.3 Å². The lowest BCUT2D eigenvalue weighted by Crippen LogP contribution is -2.22. The van der Waals surface area contributed by atoms with Gasteiger partial charge in [-0.25, -0.2) is 0 Å². The van der Waals surface area contributed by atoms with E-state index in [1.54, 1.807) is 4.57 Å². The van der Waals surface area contributed by atoms with Crippen LogP contribution in [0.1, 0.15) is 21.5 Å². The van der Waals surface area contributed by atoms with E-state index in [9.17, 15) is 9.59 Å². The van der Waals surface area contributed by atoms with E-state index in [0.717, 1.165) is 21.3 Å². The van der Waals surface area contributed by atoms with Crippen LogP contribution in [0.15, 0.2) is 35.3 Å². The number of thiazole rings is 1. The number of carbonyl (C=O) groups excluding carboxylic acids is 2. The summed E-state index contributed by atoms with van der Waals surface area (Å²) < 4.78 is 18.6. The SMILES string of the molecule is COC(=O)Cn1c(=NC(=O)c2cc(C)ccc2C)sc2cc3c(cc21)OCCO3. The third-order valence-electron chi connectivity index (χ3n) is 4.68. The predicted molar refractivity (Wildman–Crippen MR) is 109 cm³/mol. The van der Waals surface area contributed by atoms with Gasteiger partial charge in [0.15, 0.2) is 16.3 Å². The van der Waals surface area contributed by atoms with Crippen molar-refractivity contribution in [2.45, 2.75) is 20.4 Å². The first kappa shape index (κ1) is 19.2. The second-order valence-electron chi connectivity index (χ2n) is 6.75. The molecule has 0 N–H and O–H groups in total. The van der Waals surface area contributed by atoms with Gasteiger partial charge in [-0.2, -0.15) is 4.99 Å². The van der Waals surface area contributed by atoms with E-state index in [2.05, 4.69) is 4.99 Å². The maximum absolute atomic E-state index is 12.9. The van der Waals surface area contributed by atoms with Crippen LogP contribution in [0.4, 0.5) is 0 Å². The van der Waals surface area contributed by atoms with E-state index < -0.39 is 5.97 Å². The molecule has 0 unspecified atom stereocenters. The Kier molecular flexibility index (Phi) is 5.10. The fraction of sp³-hybridized carbons (Fsp3) is 0.286. The fourth-order valence-electron chi connectivity index (χ4n) is 3.15. The van der Waals surface area contributed by atoms with Crippen LogP contribution < -0.4 is 14.3 Å². The van der Waals surface area contributed by atoms with E-state index in [1.165, 1.54) is 18.4 Å². The van der Waals surface area contributed by atoms with E-state index in [1.807, 2.05) is 44.2 Å². The zero-order valence-electron chi connectivity index (χ0n) is 16.4. The summed E-state index contributed by atoms with van der Waals surface area (Å²) >= 11 is 1.31. The Balaban J connectivity index is 1.88. The summed E-state index contributed by atoms with van der Waals surface area (Å²) in [5.74, 6) is 0.462. The summed E-state index contributed by atoms with van der Waals surface area (Å²) in [6, 6.07) is 9.33. The summed E-state index contributed by atoms with van der Waals surface area (Å²) in [7, 11) is 1.33. The smallest absolute Gasteiger partial charge is 0.325 e. The van der Waals surface area contributed by atoms with Gasteiger partial charge in [-0.1, -0.05) is 29.0 Å². The molecule has 0 saturated carbocycles. The number of amides is 1. The lowest BCUT2D eigenvalue weighted by molar-refractivity contribution is -0.141. The molecule has 150 valence electrons. The van der Waals surface area contributed by atoms with Gasteiger partial charge in [0.25, 0.3) is 5.91 Å². The van der Waals surface area contributed by atoms with Crippen molar-refractivity contribution in [1.29, 1.82) is 0 Å². The van der Waals surface area contributed by atoms with Crippen molar-refractivity contribution in [1.82, 2.24) is 4.57 Å². The topological polar surface area (TPSA) is 79.1 Å². The Morgan fingerprint density at radius 1 is 1.14 bits per heavy atom. The minimum Gasteiger partial charge on any atom is -0.486 e. The monoisotopic (exact) mass is 412 g/mol. The van der Waals surface area contributed by atoms with Crippen molar-refractivity contribution in [3.63, 3.8) is 0 Å². The lowest BCUT2D eigenvalue weighted by atomic mass is 10.1. The number of fused-ring (bicyclic) bond motifs is 2. The molecule has 1 aliphatic rings. The standard InChI is InChI=1S/C21H20N2O5S/c1-12-4-5-13(2)14(8-12)20(25)22-21-23(11-19(24)26-3)15-9-16-17(10-18(15)29-21)28-7-6-27-16/h4-5,8-10H,6-7,11H2,1-3H3. The summed E-state index contributed by atoms with van der Waals surface area (Å²) in [5.41, 5.74) is 3.10. The van der Waals surface area contributed by atoms with Crippen LogP contribution >= 0.6 is 11.3 Å². The van der Waals surface area contributed by atoms with Gasteiger partial charge in [-0.3, -0.25) is 9.59 Å². The van der Waals surface area contributed by atoms with Crippen LogP contribution in [0.25, 0.3) is 10.2 Å². The Hall–Kier alpha value is -3.13. The van der Waals surface area contributed by atoms with Crippen LogP contribution in [0, 0.1) is 13.8 Å². The molecule has 1 amide bonds. The predicted octanol–water partition coefficient (Wildman–Crippen LogP) is 3.00. The number of esters is 1. The number of methoxy groups -OCH3 is 1. The number of nitrogens with zero attached hydrogens (tertiary/aromatic N) is 2. The summed E-state index contributed by atoms with van der Waals surface area (Å²) in [6.45, 7) is 4.68. The van der Waals surface area contributed by atoms with Crippen LogP contribution in [0.3, 0.4) is 0 Å². The van der Waals surface area contributed by atoms with Gasteiger partial charge in [0.1, 0.15) is 19.8 Å². The average molecular weight is 412 g/mol. The first-order chi connectivity index (χ1) is 14.0. The minimum atomic E-state index is -0.430. The Morgan fingerprint density at radius 3 is 2.59 bits per heavy atom. The number of aryl methyl sites for hydroxylation is 2. The second kappa shape index (κ2) is 7.71. The molecule has 7 nitrogen and oxygen atoms in total. The zero-order chi connectivity index (χ0) is 20.5. The second-order valence-corrected chi connectivity index (χ2v) is 7.75. The Labute approximate surface area is 171 Å². The van der Waals surface area contributed by atoms with Gasteiger partial charge in [0.05, 0.1) is 17.3 Å². The molecule has 0 saturated heterocycles. The average Bonchev–Trinajstić information content (AvgIpc) is 3.03. The fourth-order valence-corrected chi connectivity index (χ4v) is 4.19. The van der Waals surface area contributed by atoms with Gasteiger partial charge in [0.2, 0.25) is 0 Å². The summed E-state index contributed by atoms with van der Waals surface area (Å²) in [5, 5.41) is 0. The Morgan fingerprint density at radius 2 is 1.86 bits per heavy atom. The third-order valence-corrected chi connectivity index (χ3v) is 5.72. The first-order valence-electron chi connectivity index (χ1n) is 9.12. The van der Waals surface area contributed by atoms with E-state index in [-0.39, 0.29) is 12.5 Å². The molecular weight excluding hydrogens is 392 g/mol. The summed E-state index contributed by atoms with van der Waals surface area (Å²) in [4.78, 5) is 29.6. The van der Waals surface area contributed by atoms with Gasteiger partial charge in [-0.15, -0.1) is 0 Å². The highest BCUT2D eigenvalue weighted by atomic mass is 32.1. The van der Waals surface area contributed by atoms with E-state index in [0.29, 0.717) is 35.1 Å². The van der Waals surface area contributed by atoms with Crippen molar-refractivity contribution < 1.29 is 23.8 Å². The number of aromatic nitrogens is 1. The maximum atomic E-state index is 12.9. The molecule has 1 aliphatic heterocycles. The maximum Gasteiger partial charge on any atom is 0.325 e. The molecule has 2 aromatic carbocycles. The highest BCUT2D eigenvalue weighted by Gasteiger charge is 2.19. The number of carbonyl (C=O) groups is 2. The van der Waals surface area contributed by atoms with Crippen molar-refractivity contribution in [3.05, 3.63) is 51.8 Å².